The van der Waals surface area contributed by atoms with Crippen molar-refractivity contribution in [3.63, 3.8) is 0 Å². The van der Waals surface area contributed by atoms with Gasteiger partial charge in [-0.1, -0.05) is 0 Å². The summed E-state index contributed by atoms with van der Waals surface area (Å²) in [7, 11) is 0. The molecule has 5 nitrogen and oxygen atoms in total. The zero-order valence-corrected chi connectivity index (χ0v) is 9.53. The van der Waals surface area contributed by atoms with Crippen molar-refractivity contribution in [3.05, 3.63) is 28.8 Å². The van der Waals surface area contributed by atoms with Gasteiger partial charge in [-0.2, -0.15) is 11.3 Å². The molecule has 0 aliphatic rings. The van der Waals surface area contributed by atoms with Gasteiger partial charge in [-0.05, 0) is 18.4 Å². The molecule has 2 aromatic rings. The SMILES string of the molecule is CCOC(=O)c1ncn(-c2ccsc2)c1N. The van der Waals surface area contributed by atoms with E-state index in [9.17, 15) is 4.79 Å². The Morgan fingerprint density at radius 1 is 1.69 bits per heavy atom. The molecule has 0 radical (unpaired) electrons. The second-order valence-electron chi connectivity index (χ2n) is 3.05. The van der Waals surface area contributed by atoms with Gasteiger partial charge in [0.25, 0.3) is 0 Å². The second kappa shape index (κ2) is 4.36. The van der Waals surface area contributed by atoms with Crippen LogP contribution in [0.2, 0.25) is 0 Å². The predicted molar refractivity (Wildman–Crippen MR) is 61.8 cm³/mol. The van der Waals surface area contributed by atoms with Crippen molar-refractivity contribution < 1.29 is 9.53 Å². The largest absolute Gasteiger partial charge is 0.461 e. The Bertz CT molecular complexity index is 490. The van der Waals surface area contributed by atoms with E-state index in [0.717, 1.165) is 5.69 Å². The molecule has 0 aliphatic carbocycles. The van der Waals surface area contributed by atoms with Crippen molar-refractivity contribution in [1.82, 2.24) is 9.55 Å². The fourth-order valence-corrected chi connectivity index (χ4v) is 1.94. The van der Waals surface area contributed by atoms with Gasteiger partial charge < -0.3 is 10.5 Å². The normalized spacial score (nSPS) is 10.3. The summed E-state index contributed by atoms with van der Waals surface area (Å²) in [5.74, 6) is -0.189. The number of hydrogen-bond donors (Lipinski definition) is 1. The van der Waals surface area contributed by atoms with Crippen LogP contribution in [0.1, 0.15) is 17.4 Å². The van der Waals surface area contributed by atoms with E-state index in [1.54, 1.807) is 22.8 Å². The van der Waals surface area contributed by atoms with E-state index in [0.29, 0.717) is 12.4 Å². The molecule has 2 N–H and O–H groups in total. The lowest BCUT2D eigenvalue weighted by atomic mass is 10.4. The van der Waals surface area contributed by atoms with Crippen LogP contribution < -0.4 is 5.73 Å². The molecule has 0 saturated carbocycles. The van der Waals surface area contributed by atoms with Crippen LogP contribution in [0.4, 0.5) is 5.82 Å². The number of rotatable bonds is 3. The Morgan fingerprint density at radius 2 is 2.50 bits per heavy atom. The maximum Gasteiger partial charge on any atom is 0.360 e. The number of aromatic nitrogens is 2. The van der Waals surface area contributed by atoms with Gasteiger partial charge in [0.1, 0.15) is 12.1 Å². The van der Waals surface area contributed by atoms with Gasteiger partial charge in [-0.15, -0.1) is 0 Å². The number of ether oxygens (including phenoxy) is 1. The van der Waals surface area contributed by atoms with E-state index < -0.39 is 5.97 Å². The number of nitrogens with zero attached hydrogens (tertiary/aromatic N) is 2. The number of hydrogen-bond acceptors (Lipinski definition) is 5. The van der Waals surface area contributed by atoms with Crippen molar-refractivity contribution in [2.75, 3.05) is 12.3 Å². The molecule has 0 bridgehead atoms. The van der Waals surface area contributed by atoms with Gasteiger partial charge in [0.2, 0.25) is 0 Å². The smallest absolute Gasteiger partial charge is 0.360 e. The zero-order chi connectivity index (χ0) is 11.5. The first-order valence-electron chi connectivity index (χ1n) is 4.76. The van der Waals surface area contributed by atoms with Gasteiger partial charge in [0, 0.05) is 5.38 Å². The van der Waals surface area contributed by atoms with Crippen LogP contribution in [-0.2, 0) is 4.74 Å². The Morgan fingerprint density at radius 3 is 3.12 bits per heavy atom. The maximum atomic E-state index is 11.5. The summed E-state index contributed by atoms with van der Waals surface area (Å²) in [5.41, 5.74) is 6.88. The Hall–Kier alpha value is -1.82. The molecule has 84 valence electrons. The van der Waals surface area contributed by atoms with Crippen LogP contribution in [-0.4, -0.2) is 22.1 Å². The molecule has 0 aliphatic heterocycles. The minimum absolute atomic E-state index is 0.160. The van der Waals surface area contributed by atoms with Crippen molar-refractivity contribution in [2.24, 2.45) is 0 Å². The van der Waals surface area contributed by atoms with E-state index in [1.807, 2.05) is 16.8 Å². The zero-order valence-electron chi connectivity index (χ0n) is 8.71. The number of nitrogen functional groups attached to an aromatic ring is 1. The third kappa shape index (κ3) is 1.79. The monoisotopic (exact) mass is 237 g/mol. The summed E-state index contributed by atoms with van der Waals surface area (Å²) in [6, 6.07) is 1.90. The summed E-state index contributed by atoms with van der Waals surface area (Å²) < 4.78 is 6.50. The summed E-state index contributed by atoms with van der Waals surface area (Å²) in [6.45, 7) is 2.05. The van der Waals surface area contributed by atoms with Crippen LogP contribution >= 0.6 is 11.3 Å². The summed E-state index contributed by atoms with van der Waals surface area (Å²) >= 11 is 1.55. The van der Waals surface area contributed by atoms with Crippen molar-refractivity contribution in [2.45, 2.75) is 6.92 Å². The number of anilines is 1. The van der Waals surface area contributed by atoms with Crippen LogP contribution in [0.3, 0.4) is 0 Å². The van der Waals surface area contributed by atoms with Crippen molar-refractivity contribution in [3.8, 4) is 5.69 Å². The molecular weight excluding hydrogens is 226 g/mol. The second-order valence-corrected chi connectivity index (χ2v) is 3.83. The van der Waals surface area contributed by atoms with E-state index in [4.69, 9.17) is 10.5 Å². The van der Waals surface area contributed by atoms with E-state index in [1.165, 1.54) is 6.33 Å². The highest BCUT2D eigenvalue weighted by atomic mass is 32.1. The fourth-order valence-electron chi connectivity index (χ4n) is 1.31. The maximum absolute atomic E-state index is 11.5. The van der Waals surface area contributed by atoms with Gasteiger partial charge >= 0.3 is 5.97 Å². The molecule has 2 rings (SSSR count). The Kier molecular flexibility index (Phi) is 2.91. The van der Waals surface area contributed by atoms with Crippen LogP contribution in [0.15, 0.2) is 23.2 Å². The molecular formula is C10H11N3O2S. The number of nitrogens with two attached hydrogens (primary N) is 1. The van der Waals surface area contributed by atoms with Crippen LogP contribution in [0.5, 0.6) is 0 Å². The highest BCUT2D eigenvalue weighted by Crippen LogP contribution is 2.19. The topological polar surface area (TPSA) is 70.1 Å². The van der Waals surface area contributed by atoms with E-state index in [-0.39, 0.29) is 5.69 Å². The summed E-state index contributed by atoms with van der Waals surface area (Å²) in [5, 5.41) is 3.85. The molecule has 6 heteroatoms. The summed E-state index contributed by atoms with van der Waals surface area (Å²) in [4.78, 5) is 15.4. The quantitative estimate of drug-likeness (QED) is 0.825. The Balaban J connectivity index is 2.35. The number of thiophene rings is 1. The third-order valence-electron chi connectivity index (χ3n) is 2.06. The highest BCUT2D eigenvalue weighted by molar-refractivity contribution is 7.08. The highest BCUT2D eigenvalue weighted by Gasteiger charge is 2.17. The third-order valence-corrected chi connectivity index (χ3v) is 2.73. The fraction of sp³-hybridized carbons (Fsp3) is 0.200. The lowest BCUT2D eigenvalue weighted by molar-refractivity contribution is 0.0521. The molecule has 16 heavy (non-hydrogen) atoms. The minimum atomic E-state index is -0.492. The van der Waals surface area contributed by atoms with Crippen molar-refractivity contribution >= 4 is 23.1 Å². The molecule has 2 aromatic heterocycles. The molecule has 0 unspecified atom stereocenters. The van der Waals surface area contributed by atoms with Crippen LogP contribution in [0, 0.1) is 0 Å². The summed E-state index contributed by atoms with van der Waals surface area (Å²) in [6.07, 6.45) is 1.52. The molecule has 0 amide bonds. The van der Waals surface area contributed by atoms with Crippen LogP contribution in [0.25, 0.3) is 5.69 Å². The van der Waals surface area contributed by atoms with Gasteiger partial charge in [-0.25, -0.2) is 9.78 Å². The molecule has 0 saturated heterocycles. The average Bonchev–Trinajstić information content (AvgIpc) is 2.86. The predicted octanol–water partition coefficient (Wildman–Crippen LogP) is 1.69. The molecule has 0 fully saturated rings. The minimum Gasteiger partial charge on any atom is -0.461 e. The Labute approximate surface area is 96.5 Å². The number of carbonyl (C=O) groups is 1. The number of imidazole rings is 1. The molecule has 0 atom stereocenters. The van der Waals surface area contributed by atoms with E-state index in [2.05, 4.69) is 4.98 Å². The first-order valence-corrected chi connectivity index (χ1v) is 5.70. The van der Waals surface area contributed by atoms with E-state index >= 15 is 0 Å². The lowest BCUT2D eigenvalue weighted by Crippen LogP contribution is -2.09. The standard InChI is InChI=1S/C10H11N3O2S/c1-2-15-10(14)8-9(11)13(6-12-8)7-3-4-16-5-7/h3-6H,2,11H2,1H3. The van der Waals surface area contributed by atoms with Gasteiger partial charge in [0.15, 0.2) is 5.69 Å². The molecule has 0 spiro atoms. The molecule has 2 heterocycles. The van der Waals surface area contributed by atoms with Crippen molar-refractivity contribution in [1.29, 1.82) is 0 Å². The lowest BCUT2D eigenvalue weighted by Gasteiger charge is -2.02. The average molecular weight is 237 g/mol. The van der Waals surface area contributed by atoms with Gasteiger partial charge in [0.05, 0.1) is 12.3 Å². The number of esters is 1. The first kappa shape index (κ1) is 10.7. The molecule has 0 aromatic carbocycles. The number of carbonyl (C=O) groups excluding carboxylic acids is 1. The first-order chi connectivity index (χ1) is 7.74. The van der Waals surface area contributed by atoms with Gasteiger partial charge in [-0.3, -0.25) is 4.57 Å².